The topological polar surface area (TPSA) is 122 Å². The van der Waals surface area contributed by atoms with Crippen LogP contribution in [0.5, 0.6) is 0 Å². The van der Waals surface area contributed by atoms with Crippen LogP contribution in [-0.4, -0.2) is 41.1 Å². The van der Waals surface area contributed by atoms with Crippen molar-refractivity contribution >= 4 is 17.5 Å². The number of nitrogens with two attached hydrogens (primary N) is 1. The molecule has 0 spiro atoms. The molecular weight excluding hydrogens is 238 g/mol. The van der Waals surface area contributed by atoms with E-state index in [9.17, 15) is 10.1 Å². The molecule has 9 heteroatoms. The third-order valence-corrected chi connectivity index (χ3v) is 2.77. The summed E-state index contributed by atoms with van der Waals surface area (Å²) in [7, 11) is 0. The van der Waals surface area contributed by atoms with E-state index < -0.39 is 4.92 Å². The molecule has 1 aromatic heterocycles. The first-order valence-corrected chi connectivity index (χ1v) is 5.59. The summed E-state index contributed by atoms with van der Waals surface area (Å²) in [6, 6.07) is 0. The zero-order chi connectivity index (χ0) is 13.1. The molecule has 98 valence electrons. The largest absolute Gasteiger partial charge is 0.348 e. The molecule has 0 bridgehead atoms. The van der Waals surface area contributed by atoms with Crippen LogP contribution < -0.4 is 21.5 Å². The molecule has 1 fully saturated rings. The zero-order valence-corrected chi connectivity index (χ0v) is 10.0. The lowest BCUT2D eigenvalue weighted by molar-refractivity contribution is -0.385. The van der Waals surface area contributed by atoms with Gasteiger partial charge in [-0.1, -0.05) is 0 Å². The lowest BCUT2D eigenvalue weighted by atomic mass is 10.3. The third-order valence-electron chi connectivity index (χ3n) is 2.77. The van der Waals surface area contributed by atoms with E-state index in [1.807, 2.05) is 4.90 Å². The number of nitro groups is 1. The summed E-state index contributed by atoms with van der Waals surface area (Å²) in [5.74, 6) is 5.78. The van der Waals surface area contributed by atoms with Crippen LogP contribution in [0.25, 0.3) is 0 Å². The number of nitrogen functional groups attached to an aromatic ring is 1. The second-order valence-electron chi connectivity index (χ2n) is 3.94. The summed E-state index contributed by atoms with van der Waals surface area (Å²) in [4.78, 5) is 20.6. The van der Waals surface area contributed by atoms with Crippen LogP contribution in [0.1, 0.15) is 5.69 Å². The molecule has 18 heavy (non-hydrogen) atoms. The Hall–Kier alpha value is -2.00. The van der Waals surface area contributed by atoms with E-state index in [1.54, 1.807) is 6.92 Å². The minimum Gasteiger partial charge on any atom is -0.348 e. The maximum atomic E-state index is 11.1. The maximum Gasteiger partial charge on any atom is 0.332 e. The number of rotatable bonds is 3. The predicted octanol–water partition coefficient (Wildman–Crippen LogP) is -0.612. The second kappa shape index (κ2) is 5.10. The van der Waals surface area contributed by atoms with E-state index in [-0.39, 0.29) is 11.6 Å². The molecule has 2 heterocycles. The molecule has 0 atom stereocenters. The van der Waals surface area contributed by atoms with Crippen LogP contribution in [0.2, 0.25) is 0 Å². The number of anilines is 2. The van der Waals surface area contributed by atoms with Crippen molar-refractivity contribution in [2.24, 2.45) is 5.84 Å². The van der Waals surface area contributed by atoms with Gasteiger partial charge in [0, 0.05) is 26.2 Å². The number of aryl methyl sites for hydroxylation is 1. The minimum absolute atomic E-state index is 0.0594. The number of hydrogen-bond acceptors (Lipinski definition) is 8. The van der Waals surface area contributed by atoms with Gasteiger partial charge in [0.05, 0.1) is 4.92 Å². The first-order valence-electron chi connectivity index (χ1n) is 5.59. The Kier molecular flexibility index (Phi) is 3.53. The summed E-state index contributed by atoms with van der Waals surface area (Å²) in [5.41, 5.74) is 2.57. The minimum atomic E-state index is -0.451. The van der Waals surface area contributed by atoms with Crippen molar-refractivity contribution in [3.8, 4) is 0 Å². The third kappa shape index (κ3) is 2.31. The molecular formula is C9H15N7O2. The van der Waals surface area contributed by atoms with Gasteiger partial charge in [0.2, 0.25) is 11.8 Å². The first-order chi connectivity index (χ1) is 8.63. The molecule has 1 aromatic rings. The second-order valence-corrected chi connectivity index (χ2v) is 3.94. The van der Waals surface area contributed by atoms with Crippen molar-refractivity contribution in [1.29, 1.82) is 0 Å². The van der Waals surface area contributed by atoms with Crippen LogP contribution in [-0.2, 0) is 0 Å². The SMILES string of the molecule is Cc1nc(NN)nc(N2CCNCC2)c1[N+](=O)[O-]. The molecule has 0 radical (unpaired) electrons. The number of hydrazine groups is 1. The average Bonchev–Trinajstić information content (AvgIpc) is 2.38. The van der Waals surface area contributed by atoms with Gasteiger partial charge >= 0.3 is 5.69 Å². The Balaban J connectivity index is 2.47. The molecule has 0 saturated carbocycles. The van der Waals surface area contributed by atoms with Crippen LogP contribution in [0.3, 0.4) is 0 Å². The monoisotopic (exact) mass is 253 g/mol. The molecule has 0 unspecified atom stereocenters. The van der Waals surface area contributed by atoms with E-state index in [4.69, 9.17) is 5.84 Å². The molecule has 9 nitrogen and oxygen atoms in total. The molecule has 0 aromatic carbocycles. The predicted molar refractivity (Wildman–Crippen MR) is 66.3 cm³/mol. The molecule has 1 aliphatic rings. The van der Waals surface area contributed by atoms with Gasteiger partial charge in [-0.15, -0.1) is 0 Å². The van der Waals surface area contributed by atoms with Crippen LogP contribution >= 0.6 is 0 Å². The highest BCUT2D eigenvalue weighted by molar-refractivity contribution is 5.62. The lowest BCUT2D eigenvalue weighted by Crippen LogP contribution is -2.44. The number of aromatic nitrogens is 2. The highest BCUT2D eigenvalue weighted by Gasteiger charge is 2.27. The van der Waals surface area contributed by atoms with Gasteiger partial charge in [0.25, 0.3) is 0 Å². The average molecular weight is 253 g/mol. The van der Waals surface area contributed by atoms with E-state index in [0.29, 0.717) is 24.6 Å². The summed E-state index contributed by atoms with van der Waals surface area (Å²) in [6.07, 6.45) is 0. The van der Waals surface area contributed by atoms with Gasteiger partial charge in [0.15, 0.2) is 0 Å². The normalized spacial score (nSPS) is 15.6. The molecule has 0 amide bonds. The van der Waals surface area contributed by atoms with Gasteiger partial charge < -0.3 is 10.2 Å². The summed E-state index contributed by atoms with van der Waals surface area (Å²) < 4.78 is 0. The molecule has 2 rings (SSSR count). The Morgan fingerprint density at radius 1 is 1.44 bits per heavy atom. The van der Waals surface area contributed by atoms with E-state index >= 15 is 0 Å². The fourth-order valence-corrected chi connectivity index (χ4v) is 1.93. The van der Waals surface area contributed by atoms with Gasteiger partial charge in [0.1, 0.15) is 5.69 Å². The fourth-order valence-electron chi connectivity index (χ4n) is 1.93. The van der Waals surface area contributed by atoms with E-state index in [1.165, 1.54) is 0 Å². The smallest absolute Gasteiger partial charge is 0.332 e. The van der Waals surface area contributed by atoms with Crippen molar-refractivity contribution in [3.63, 3.8) is 0 Å². The van der Waals surface area contributed by atoms with Gasteiger partial charge in [-0.3, -0.25) is 15.5 Å². The number of hydrogen-bond donors (Lipinski definition) is 3. The standard InChI is InChI=1S/C9H15N7O2/c1-6-7(16(17)18)8(13-9(12-6)14-10)15-4-2-11-3-5-15/h11H,2-5,10H2,1H3,(H,12,13,14). The van der Waals surface area contributed by atoms with E-state index in [0.717, 1.165) is 13.1 Å². The molecule has 1 aliphatic heterocycles. The van der Waals surface area contributed by atoms with Crippen LogP contribution in [0.15, 0.2) is 0 Å². The van der Waals surface area contributed by atoms with Crippen LogP contribution in [0, 0.1) is 17.0 Å². The van der Waals surface area contributed by atoms with Crippen molar-refractivity contribution in [2.45, 2.75) is 6.92 Å². The molecule has 1 saturated heterocycles. The van der Waals surface area contributed by atoms with Gasteiger partial charge in [-0.2, -0.15) is 4.98 Å². The first kappa shape index (κ1) is 12.5. The quantitative estimate of drug-likeness (QED) is 0.370. The van der Waals surface area contributed by atoms with E-state index in [2.05, 4.69) is 20.7 Å². The lowest BCUT2D eigenvalue weighted by Gasteiger charge is -2.28. The fraction of sp³-hybridized carbons (Fsp3) is 0.556. The van der Waals surface area contributed by atoms with Crippen molar-refractivity contribution in [2.75, 3.05) is 36.5 Å². The summed E-state index contributed by atoms with van der Waals surface area (Å²) in [6.45, 7) is 4.45. The zero-order valence-electron chi connectivity index (χ0n) is 10.0. The maximum absolute atomic E-state index is 11.1. The van der Waals surface area contributed by atoms with Crippen LogP contribution in [0.4, 0.5) is 17.5 Å². The van der Waals surface area contributed by atoms with Gasteiger partial charge in [-0.25, -0.2) is 10.8 Å². The Morgan fingerprint density at radius 3 is 2.67 bits per heavy atom. The number of nitrogens with one attached hydrogen (secondary N) is 2. The van der Waals surface area contributed by atoms with Crippen molar-refractivity contribution in [1.82, 2.24) is 15.3 Å². The molecule has 4 N–H and O–H groups in total. The Labute approximate surface area is 104 Å². The molecule has 0 aliphatic carbocycles. The number of piperazine rings is 1. The van der Waals surface area contributed by atoms with Crippen molar-refractivity contribution < 1.29 is 4.92 Å². The van der Waals surface area contributed by atoms with Gasteiger partial charge in [-0.05, 0) is 6.92 Å². The summed E-state index contributed by atoms with van der Waals surface area (Å²) >= 11 is 0. The Bertz CT molecular complexity index is 458. The highest BCUT2D eigenvalue weighted by Crippen LogP contribution is 2.29. The highest BCUT2D eigenvalue weighted by atomic mass is 16.6. The Morgan fingerprint density at radius 2 is 2.11 bits per heavy atom. The van der Waals surface area contributed by atoms with Crippen molar-refractivity contribution in [3.05, 3.63) is 15.8 Å². The number of nitrogens with zero attached hydrogens (tertiary/aromatic N) is 4. The summed E-state index contributed by atoms with van der Waals surface area (Å²) in [5, 5.41) is 14.3.